The second-order valence-corrected chi connectivity index (χ2v) is 27.9. The first kappa shape index (κ1) is 68.3. The number of nitrogens with one attached hydrogen (secondary N) is 2. The van der Waals surface area contributed by atoms with E-state index in [4.69, 9.17) is 19.5 Å². The standard InChI is InChI=1S/C34H34F4N4.C26H29F3IN3.C14H17BFNO2/c1-6-21-9-8-10-22(7-2)30(21)42-31(26-13-14-28(35)29-25(26)15-16-39-29)27-19-41(33(4,5)32(27)40-42)18-23-11-12-24(17-20(23)3)34(36,37)38;1-6-17-9-8-10-18(7-2)22(17)33-24(30)21-15-32(25(4,5)23(21)31-33)14-19-11-12-20(13-16(19)3)26(27,28)29;1-13(2)14(3,4)19-15(18-13)10-5-6-11(16)12-9(10)7-8-17-12/h8-17,39H,6-7,18-19H2,1-5H3;8-13H,6-7,14-15H2,1-5H3;5-8,17H,1-4H3. The predicted molar refractivity (Wildman–Crippen MR) is 365 cm³/mol. The van der Waals surface area contributed by atoms with E-state index in [1.165, 1.54) is 63.8 Å². The van der Waals surface area contributed by atoms with Gasteiger partial charge in [0.15, 0.2) is 0 Å². The second kappa shape index (κ2) is 25.5. The number of aromatic amines is 2. The number of hydrogen-bond donors (Lipinski definition) is 2. The number of H-pyrrole nitrogens is 2. The van der Waals surface area contributed by atoms with Gasteiger partial charge in [0, 0.05) is 66.0 Å². The molecule has 0 spiro atoms. The van der Waals surface area contributed by atoms with Crippen LogP contribution in [0.5, 0.6) is 0 Å². The monoisotopic (exact) mass is 1400 g/mol. The van der Waals surface area contributed by atoms with E-state index in [1.807, 2.05) is 45.9 Å². The Bertz CT molecular complexity index is 4440. The summed E-state index contributed by atoms with van der Waals surface area (Å²) in [6.45, 7) is 31.0. The molecule has 94 heavy (non-hydrogen) atoms. The van der Waals surface area contributed by atoms with Crippen LogP contribution in [0, 0.1) is 29.2 Å². The maximum Gasteiger partial charge on any atom is 0.495 e. The first-order valence-electron chi connectivity index (χ1n) is 32.1. The average molecular weight is 1400 g/mol. The number of aryl methyl sites for hydroxylation is 6. The fourth-order valence-corrected chi connectivity index (χ4v) is 14.2. The van der Waals surface area contributed by atoms with Gasteiger partial charge in [-0.3, -0.25) is 9.80 Å². The number of nitrogens with zero attached hydrogens (tertiary/aromatic N) is 6. The number of hydrogen-bond acceptors (Lipinski definition) is 6. The molecule has 0 bridgehead atoms. The zero-order valence-corrected chi connectivity index (χ0v) is 57.8. The van der Waals surface area contributed by atoms with Crippen molar-refractivity contribution in [2.45, 2.75) is 183 Å². The van der Waals surface area contributed by atoms with Crippen LogP contribution in [-0.4, -0.2) is 57.6 Å². The molecule has 20 heteroatoms. The van der Waals surface area contributed by atoms with Crippen LogP contribution in [0.4, 0.5) is 35.1 Å². The third kappa shape index (κ3) is 12.4. The van der Waals surface area contributed by atoms with Crippen LogP contribution in [0.3, 0.4) is 0 Å². The van der Waals surface area contributed by atoms with Gasteiger partial charge in [0.25, 0.3) is 0 Å². The lowest BCUT2D eigenvalue weighted by Crippen LogP contribution is -2.41. The number of alkyl halides is 6. The number of para-hydroxylation sites is 2. The molecule has 0 atom stereocenters. The molecule has 3 aliphatic heterocycles. The molecule has 0 unspecified atom stereocenters. The Labute approximate surface area is 558 Å². The Morgan fingerprint density at radius 2 is 0.936 bits per heavy atom. The number of aromatic nitrogens is 6. The van der Waals surface area contributed by atoms with E-state index in [0.717, 1.165) is 103 Å². The summed E-state index contributed by atoms with van der Waals surface area (Å²) in [5.41, 5.74) is 15.1. The summed E-state index contributed by atoms with van der Waals surface area (Å²) in [7, 11) is -0.469. The van der Waals surface area contributed by atoms with E-state index in [9.17, 15) is 35.1 Å². The van der Waals surface area contributed by atoms with Crippen LogP contribution in [0.25, 0.3) is 44.4 Å². The van der Waals surface area contributed by atoms with E-state index in [2.05, 4.69) is 144 Å². The van der Waals surface area contributed by atoms with Gasteiger partial charge in [-0.25, -0.2) is 18.1 Å². The Balaban J connectivity index is 0.000000154. The molecule has 0 saturated carbocycles. The zero-order chi connectivity index (χ0) is 67.9. The fourth-order valence-electron chi connectivity index (χ4n) is 13.5. The minimum absolute atomic E-state index is 0.264. The fraction of sp³-hybridized carbons (Fsp3) is 0.378. The highest BCUT2D eigenvalue weighted by Crippen LogP contribution is 2.48. The maximum atomic E-state index is 14.8. The number of benzene rings is 6. The van der Waals surface area contributed by atoms with Crippen molar-refractivity contribution < 1.29 is 44.4 Å². The summed E-state index contributed by atoms with van der Waals surface area (Å²) < 4.78 is 125. The van der Waals surface area contributed by atoms with Gasteiger partial charge in [-0.2, -0.15) is 36.5 Å². The second-order valence-electron chi connectivity index (χ2n) is 26.8. The van der Waals surface area contributed by atoms with Crippen LogP contribution in [0.15, 0.2) is 122 Å². The molecular weight excluding hydrogens is 1320 g/mol. The lowest BCUT2D eigenvalue weighted by molar-refractivity contribution is -0.138. The van der Waals surface area contributed by atoms with Gasteiger partial charge in [-0.05, 0) is 222 Å². The zero-order valence-electron chi connectivity index (χ0n) is 55.7. The Morgan fingerprint density at radius 1 is 0.521 bits per heavy atom. The van der Waals surface area contributed by atoms with Gasteiger partial charge in [-0.15, -0.1) is 0 Å². The number of fused-ring (bicyclic) bond motifs is 4. The first-order valence-corrected chi connectivity index (χ1v) is 33.2. The Morgan fingerprint density at radius 3 is 1.38 bits per heavy atom. The van der Waals surface area contributed by atoms with Crippen LogP contribution in [-0.2, 0) is 84.6 Å². The normalized spacial score (nSPS) is 16.6. The quantitative estimate of drug-likeness (QED) is 0.0719. The highest BCUT2D eigenvalue weighted by Gasteiger charge is 2.52. The Hall–Kier alpha value is -7.11. The van der Waals surface area contributed by atoms with Gasteiger partial charge in [0.05, 0.1) is 72.9 Å². The molecule has 2 N–H and O–H groups in total. The van der Waals surface area contributed by atoms with Gasteiger partial charge < -0.3 is 19.3 Å². The van der Waals surface area contributed by atoms with Gasteiger partial charge in [0.2, 0.25) is 0 Å². The molecule has 494 valence electrons. The van der Waals surface area contributed by atoms with Crippen LogP contribution >= 0.6 is 22.6 Å². The largest absolute Gasteiger partial charge is 0.495 e. The molecule has 0 aliphatic carbocycles. The van der Waals surface area contributed by atoms with Crippen LogP contribution in [0.1, 0.15) is 161 Å². The van der Waals surface area contributed by atoms with Crippen molar-refractivity contribution in [3.05, 3.63) is 215 Å². The number of rotatable bonds is 12. The lowest BCUT2D eigenvalue weighted by Gasteiger charge is -2.32. The molecule has 10 nitrogen and oxygen atoms in total. The molecule has 3 aliphatic rings. The van der Waals surface area contributed by atoms with E-state index < -0.39 is 47.3 Å². The summed E-state index contributed by atoms with van der Waals surface area (Å²) in [4.78, 5) is 10.5. The average Bonchev–Trinajstić information content (AvgIpc) is 1.57. The highest BCUT2D eigenvalue weighted by molar-refractivity contribution is 14.1. The maximum absolute atomic E-state index is 14.8. The predicted octanol–water partition coefficient (Wildman–Crippen LogP) is 18.6. The van der Waals surface area contributed by atoms with Gasteiger partial charge in [-0.1, -0.05) is 82.3 Å². The minimum atomic E-state index is -4.38. The summed E-state index contributed by atoms with van der Waals surface area (Å²) in [6, 6.07) is 31.0. The minimum Gasteiger partial charge on any atom is -0.399 e. The smallest absolute Gasteiger partial charge is 0.399 e. The molecule has 4 aromatic heterocycles. The highest BCUT2D eigenvalue weighted by atomic mass is 127. The summed E-state index contributed by atoms with van der Waals surface area (Å²) >= 11 is 2.40. The molecule has 10 aromatic rings. The first-order chi connectivity index (χ1) is 44.3. The molecular formula is C74H80BF8IN8O2. The molecule has 1 saturated heterocycles. The summed E-state index contributed by atoms with van der Waals surface area (Å²) in [5.74, 6) is -0.579. The van der Waals surface area contributed by atoms with Crippen LogP contribution < -0.4 is 5.46 Å². The van der Waals surface area contributed by atoms with E-state index in [-0.39, 0.29) is 17.2 Å². The van der Waals surface area contributed by atoms with Crippen molar-refractivity contribution in [1.29, 1.82) is 0 Å². The van der Waals surface area contributed by atoms with Gasteiger partial charge in [0.1, 0.15) is 15.3 Å². The van der Waals surface area contributed by atoms with E-state index >= 15 is 0 Å². The SMILES string of the molecule is CC1(C)OB(c2ccc(F)c3[nH]ccc23)OC1(C)C.CCc1cccc(CC)c1-n1nc2c(c1-c1ccc(F)c3[nH]ccc13)CN(Cc1ccc(C(F)(F)F)cc1C)C2(C)C.CCc1cccc(CC)c1-n1nc2c(c1I)CN(Cc1ccc(C(F)(F)F)cc1C)C2(C)C. The molecule has 6 aromatic carbocycles. The Kier molecular flexibility index (Phi) is 18.5. The topological polar surface area (TPSA) is 92.2 Å². The third-order valence-electron chi connectivity index (χ3n) is 19.9. The van der Waals surface area contributed by atoms with E-state index in [1.54, 1.807) is 44.4 Å². The molecule has 1 fully saturated rings. The van der Waals surface area contributed by atoms with Crippen molar-refractivity contribution in [3.63, 3.8) is 0 Å². The number of halogens is 9. The third-order valence-corrected chi connectivity index (χ3v) is 21.0. The molecule has 0 radical (unpaired) electrons. The summed E-state index contributed by atoms with van der Waals surface area (Å²) in [5, 5.41) is 12.0. The van der Waals surface area contributed by atoms with Gasteiger partial charge >= 0.3 is 19.5 Å². The van der Waals surface area contributed by atoms with Crippen molar-refractivity contribution in [2.75, 3.05) is 0 Å². The van der Waals surface area contributed by atoms with E-state index in [0.29, 0.717) is 41.8 Å². The van der Waals surface area contributed by atoms with Crippen LogP contribution in [0.2, 0.25) is 0 Å². The van der Waals surface area contributed by atoms with Crippen molar-refractivity contribution in [3.8, 4) is 22.6 Å². The summed E-state index contributed by atoms with van der Waals surface area (Å²) in [6.07, 6.45) is -1.69. The van der Waals surface area contributed by atoms with Crippen molar-refractivity contribution in [2.24, 2.45) is 0 Å². The van der Waals surface area contributed by atoms with Crippen molar-refractivity contribution >= 4 is 57.0 Å². The molecule has 13 rings (SSSR count). The van der Waals surface area contributed by atoms with Crippen molar-refractivity contribution in [1.82, 2.24) is 39.3 Å². The molecule has 7 heterocycles. The molecule has 0 amide bonds. The lowest BCUT2D eigenvalue weighted by atomic mass is 9.77.